The second-order valence-corrected chi connectivity index (χ2v) is 7.22. The number of aromatic amines is 1. The lowest BCUT2D eigenvalue weighted by Crippen LogP contribution is -2.20. The number of hydrogen-bond donors (Lipinski definition) is 1. The van der Waals surface area contributed by atoms with E-state index < -0.39 is 12.8 Å². The average Bonchev–Trinajstić information content (AvgIpc) is 3.05. The van der Waals surface area contributed by atoms with Crippen molar-refractivity contribution in [3.05, 3.63) is 79.2 Å². The first kappa shape index (κ1) is 21.4. The minimum Gasteiger partial charge on any atom is -0.497 e. The summed E-state index contributed by atoms with van der Waals surface area (Å²) in [4.78, 5) is 27.1. The smallest absolute Gasteiger partial charge is 0.422 e. The van der Waals surface area contributed by atoms with E-state index in [9.17, 15) is 22.8 Å². The summed E-state index contributed by atoms with van der Waals surface area (Å²) in [5.74, 6) is 0.430. The lowest BCUT2D eigenvalue weighted by Gasteiger charge is -2.08. The van der Waals surface area contributed by atoms with Gasteiger partial charge in [0, 0.05) is 11.6 Å². The zero-order valence-electron chi connectivity index (χ0n) is 15.7. The van der Waals surface area contributed by atoms with E-state index in [1.54, 1.807) is 30.3 Å². The van der Waals surface area contributed by atoms with Crippen LogP contribution in [0.3, 0.4) is 0 Å². The summed E-state index contributed by atoms with van der Waals surface area (Å²) >= 11 is 1.10. The molecule has 0 aliphatic heterocycles. The number of H-pyrrole nitrogens is 1. The van der Waals surface area contributed by atoms with Crippen molar-refractivity contribution in [3.63, 3.8) is 0 Å². The van der Waals surface area contributed by atoms with Crippen LogP contribution in [0.5, 0.6) is 11.5 Å². The molecule has 1 aromatic heterocycles. The van der Waals surface area contributed by atoms with Crippen molar-refractivity contribution in [2.45, 2.75) is 6.18 Å². The van der Waals surface area contributed by atoms with Gasteiger partial charge in [0.25, 0.3) is 5.56 Å². The fourth-order valence-electron chi connectivity index (χ4n) is 2.46. The molecule has 0 aliphatic rings. The number of ketones is 1. The normalized spacial score (nSPS) is 12.8. The van der Waals surface area contributed by atoms with Crippen molar-refractivity contribution in [1.29, 1.82) is 0 Å². The number of thiazole rings is 1. The SMILES string of the molecule is COc1ccc(C(=O)/C=c2/[nH]c(=O)/c(=C/c3ccc(OCC(F)(F)F)cc3)s2)cc1. The number of Topliss-reactive ketones (excluding diaryl/α,β-unsaturated/α-hetero) is 1. The minimum atomic E-state index is -4.41. The Kier molecular flexibility index (Phi) is 6.41. The van der Waals surface area contributed by atoms with Gasteiger partial charge in [0.1, 0.15) is 11.5 Å². The molecule has 0 saturated carbocycles. The zero-order valence-corrected chi connectivity index (χ0v) is 16.5. The first-order valence-electron chi connectivity index (χ1n) is 8.64. The number of carbonyl (C=O) groups excluding carboxylic acids is 1. The average molecular weight is 435 g/mol. The Morgan fingerprint density at radius 3 is 2.30 bits per heavy atom. The number of benzene rings is 2. The van der Waals surface area contributed by atoms with Gasteiger partial charge in [-0.1, -0.05) is 12.1 Å². The third-order valence-corrected chi connectivity index (χ3v) is 4.86. The Bertz CT molecular complexity index is 1190. The van der Waals surface area contributed by atoms with Crippen LogP contribution in [-0.4, -0.2) is 30.7 Å². The molecule has 0 bridgehead atoms. The van der Waals surface area contributed by atoms with Gasteiger partial charge in [-0.25, -0.2) is 0 Å². The lowest BCUT2D eigenvalue weighted by atomic mass is 10.1. The van der Waals surface area contributed by atoms with Crippen LogP contribution in [0, 0.1) is 0 Å². The van der Waals surface area contributed by atoms with Crippen LogP contribution >= 0.6 is 11.3 Å². The summed E-state index contributed by atoms with van der Waals surface area (Å²) in [6, 6.07) is 12.4. The predicted octanol–water partition coefficient (Wildman–Crippen LogP) is 2.88. The molecule has 3 aromatic rings. The van der Waals surface area contributed by atoms with E-state index in [1.165, 1.54) is 37.5 Å². The number of halogens is 3. The summed E-state index contributed by atoms with van der Waals surface area (Å²) in [6.07, 6.45) is -1.50. The summed E-state index contributed by atoms with van der Waals surface area (Å²) < 4.78 is 47.0. The maximum Gasteiger partial charge on any atom is 0.422 e. The number of ether oxygens (including phenoxy) is 2. The number of rotatable bonds is 6. The van der Waals surface area contributed by atoms with E-state index in [0.29, 0.717) is 26.1 Å². The molecule has 0 aliphatic carbocycles. The minimum absolute atomic E-state index is 0.0728. The maximum absolute atomic E-state index is 12.3. The number of nitrogens with one attached hydrogen (secondary N) is 1. The number of aromatic nitrogens is 1. The fraction of sp³-hybridized carbons (Fsp3) is 0.143. The molecule has 0 atom stereocenters. The van der Waals surface area contributed by atoms with Gasteiger partial charge in [0.05, 0.1) is 16.3 Å². The Balaban J connectivity index is 1.79. The van der Waals surface area contributed by atoms with Gasteiger partial charge < -0.3 is 14.5 Å². The van der Waals surface area contributed by atoms with E-state index in [4.69, 9.17) is 4.74 Å². The molecule has 3 rings (SSSR count). The first-order chi connectivity index (χ1) is 14.2. The lowest BCUT2D eigenvalue weighted by molar-refractivity contribution is -0.153. The van der Waals surface area contributed by atoms with Crippen molar-refractivity contribution < 1.29 is 27.4 Å². The molecule has 5 nitrogen and oxygen atoms in total. The van der Waals surface area contributed by atoms with Crippen molar-refractivity contribution in [3.8, 4) is 11.5 Å². The monoisotopic (exact) mass is 435 g/mol. The van der Waals surface area contributed by atoms with E-state index in [-0.39, 0.29) is 17.1 Å². The highest BCUT2D eigenvalue weighted by Gasteiger charge is 2.28. The molecule has 1 heterocycles. The van der Waals surface area contributed by atoms with Gasteiger partial charge in [0.2, 0.25) is 0 Å². The Morgan fingerprint density at radius 2 is 1.70 bits per heavy atom. The molecular weight excluding hydrogens is 419 g/mol. The molecule has 30 heavy (non-hydrogen) atoms. The predicted molar refractivity (Wildman–Crippen MR) is 108 cm³/mol. The highest BCUT2D eigenvalue weighted by atomic mass is 32.1. The van der Waals surface area contributed by atoms with E-state index in [0.717, 1.165) is 11.3 Å². The molecule has 0 radical (unpaired) electrons. The molecule has 0 unspecified atom stereocenters. The zero-order chi connectivity index (χ0) is 21.7. The molecule has 0 fully saturated rings. The van der Waals surface area contributed by atoms with Gasteiger partial charge in [-0.2, -0.15) is 13.2 Å². The van der Waals surface area contributed by atoms with E-state index >= 15 is 0 Å². The highest BCUT2D eigenvalue weighted by Crippen LogP contribution is 2.19. The number of alkyl halides is 3. The van der Waals surface area contributed by atoms with Gasteiger partial charge in [-0.05, 0) is 48.0 Å². The third-order valence-electron chi connectivity index (χ3n) is 3.90. The molecule has 9 heteroatoms. The van der Waals surface area contributed by atoms with E-state index in [1.807, 2.05) is 0 Å². The number of carbonyl (C=O) groups is 1. The standard InChI is InChI=1S/C21H16F3NO4S/c1-28-15-8-4-14(5-9-15)17(26)11-19-25-20(27)18(30-19)10-13-2-6-16(7-3-13)29-12-21(22,23)24/h2-11H,12H2,1H3,(H,25,27)/b18-10-,19-11-. The first-order valence-corrected chi connectivity index (χ1v) is 9.46. The Morgan fingerprint density at radius 1 is 1.07 bits per heavy atom. The Labute approximate surface area is 172 Å². The maximum atomic E-state index is 12.3. The third kappa shape index (κ3) is 5.84. The van der Waals surface area contributed by atoms with Crippen LogP contribution in [0.25, 0.3) is 12.2 Å². The number of hydrogen-bond acceptors (Lipinski definition) is 5. The summed E-state index contributed by atoms with van der Waals surface area (Å²) in [5, 5.41) is 0. The topological polar surface area (TPSA) is 68.4 Å². The Hall–Kier alpha value is -3.33. The van der Waals surface area contributed by atoms with Crippen LogP contribution in [0.1, 0.15) is 15.9 Å². The second kappa shape index (κ2) is 9.00. The van der Waals surface area contributed by atoms with Crippen molar-refractivity contribution >= 4 is 29.3 Å². The van der Waals surface area contributed by atoms with E-state index in [2.05, 4.69) is 9.72 Å². The van der Waals surface area contributed by atoms with Crippen molar-refractivity contribution in [1.82, 2.24) is 4.98 Å². The van der Waals surface area contributed by atoms with Crippen LogP contribution < -0.4 is 24.2 Å². The molecule has 0 saturated heterocycles. The van der Waals surface area contributed by atoms with Gasteiger partial charge in [-0.3, -0.25) is 9.59 Å². The summed E-state index contributed by atoms with van der Waals surface area (Å²) in [7, 11) is 1.53. The van der Waals surface area contributed by atoms with Crippen LogP contribution in [0.15, 0.2) is 53.3 Å². The molecule has 0 amide bonds. The molecular formula is C21H16F3NO4S. The molecule has 0 spiro atoms. The number of methoxy groups -OCH3 is 1. The largest absolute Gasteiger partial charge is 0.497 e. The molecule has 1 N–H and O–H groups in total. The van der Waals surface area contributed by atoms with Gasteiger partial charge >= 0.3 is 6.18 Å². The van der Waals surface area contributed by atoms with Gasteiger partial charge in [-0.15, -0.1) is 11.3 Å². The van der Waals surface area contributed by atoms with Crippen molar-refractivity contribution in [2.24, 2.45) is 0 Å². The van der Waals surface area contributed by atoms with Crippen LogP contribution in [-0.2, 0) is 0 Å². The summed E-state index contributed by atoms with van der Waals surface area (Å²) in [5.41, 5.74) is 0.686. The fourth-order valence-corrected chi connectivity index (χ4v) is 3.34. The highest BCUT2D eigenvalue weighted by molar-refractivity contribution is 7.07. The van der Waals surface area contributed by atoms with Crippen LogP contribution in [0.4, 0.5) is 13.2 Å². The molecule has 156 valence electrons. The quantitative estimate of drug-likeness (QED) is 0.605. The van der Waals surface area contributed by atoms with Gasteiger partial charge in [0.15, 0.2) is 12.4 Å². The van der Waals surface area contributed by atoms with Crippen molar-refractivity contribution in [2.75, 3.05) is 13.7 Å². The van der Waals surface area contributed by atoms with Crippen LogP contribution in [0.2, 0.25) is 0 Å². The molecule has 2 aromatic carbocycles. The summed E-state index contributed by atoms with van der Waals surface area (Å²) in [6.45, 7) is -1.37. The second-order valence-electron chi connectivity index (χ2n) is 6.14.